The van der Waals surface area contributed by atoms with Crippen molar-refractivity contribution in [2.24, 2.45) is 0 Å². The smallest absolute Gasteiger partial charge is 0.333 e. The van der Waals surface area contributed by atoms with Gasteiger partial charge in [-0.1, -0.05) is 73.3 Å². The van der Waals surface area contributed by atoms with Crippen molar-refractivity contribution in [3.63, 3.8) is 0 Å². The fraction of sp³-hybridized carbons (Fsp3) is 0.130. The Hall–Kier alpha value is -3.40. The van der Waals surface area contributed by atoms with Gasteiger partial charge in [-0.25, -0.2) is 9.78 Å². The summed E-state index contributed by atoms with van der Waals surface area (Å²) in [5.74, 6) is 0.400. The van der Waals surface area contributed by atoms with Crippen molar-refractivity contribution in [3.8, 4) is 22.6 Å². The van der Waals surface area contributed by atoms with Gasteiger partial charge in [0.25, 0.3) is 0 Å². The van der Waals surface area contributed by atoms with E-state index in [2.05, 4.69) is 13.2 Å². The Balaban J connectivity index is 2.14. The highest BCUT2D eigenvalue weighted by atomic mass is 16.5. The van der Waals surface area contributed by atoms with E-state index in [1.54, 1.807) is 6.92 Å². The standard InChI is InChI=1S/C23H22N2O2/c1-4-15-25-20(16-27-23(26)17(2)3)21(18-11-7-5-8-12-18)24-22(25)19-13-9-6-10-14-19/h4-14H,1-2,15-16H2,3H3. The van der Waals surface area contributed by atoms with E-state index in [-0.39, 0.29) is 6.61 Å². The summed E-state index contributed by atoms with van der Waals surface area (Å²) in [6, 6.07) is 19.8. The summed E-state index contributed by atoms with van der Waals surface area (Å²) in [5, 5.41) is 0. The number of benzene rings is 2. The molecule has 0 fully saturated rings. The lowest BCUT2D eigenvalue weighted by Gasteiger charge is -2.12. The third kappa shape index (κ3) is 4.06. The van der Waals surface area contributed by atoms with Gasteiger partial charge in [0.2, 0.25) is 0 Å². The van der Waals surface area contributed by atoms with Crippen LogP contribution < -0.4 is 0 Å². The van der Waals surface area contributed by atoms with Gasteiger partial charge in [-0.3, -0.25) is 0 Å². The van der Waals surface area contributed by atoms with Crippen LogP contribution in [0.4, 0.5) is 0 Å². The van der Waals surface area contributed by atoms with Gasteiger partial charge < -0.3 is 9.30 Å². The van der Waals surface area contributed by atoms with E-state index < -0.39 is 5.97 Å². The number of allylic oxidation sites excluding steroid dienone is 1. The molecule has 0 aliphatic rings. The van der Waals surface area contributed by atoms with Crippen molar-refractivity contribution < 1.29 is 9.53 Å². The molecule has 3 rings (SSSR count). The van der Waals surface area contributed by atoms with Gasteiger partial charge >= 0.3 is 5.97 Å². The molecule has 136 valence electrons. The molecule has 0 bridgehead atoms. The zero-order valence-electron chi connectivity index (χ0n) is 15.4. The molecule has 3 aromatic rings. The van der Waals surface area contributed by atoms with Crippen LogP contribution in [0.25, 0.3) is 22.6 Å². The van der Waals surface area contributed by atoms with Crippen molar-refractivity contribution in [2.75, 3.05) is 0 Å². The summed E-state index contributed by atoms with van der Waals surface area (Å²) < 4.78 is 7.49. The average Bonchev–Trinajstić information content (AvgIpc) is 3.06. The predicted octanol–water partition coefficient (Wildman–Crippen LogP) is 5.02. The Bertz CT molecular complexity index is 957. The van der Waals surface area contributed by atoms with Crippen molar-refractivity contribution in [3.05, 3.63) is 91.2 Å². The minimum atomic E-state index is -0.415. The van der Waals surface area contributed by atoms with Crippen LogP contribution >= 0.6 is 0 Å². The zero-order valence-corrected chi connectivity index (χ0v) is 15.4. The lowest BCUT2D eigenvalue weighted by Crippen LogP contribution is -2.10. The highest BCUT2D eigenvalue weighted by molar-refractivity contribution is 5.87. The first-order valence-corrected chi connectivity index (χ1v) is 8.75. The fourth-order valence-corrected chi connectivity index (χ4v) is 2.85. The van der Waals surface area contributed by atoms with Gasteiger partial charge in [-0.15, -0.1) is 6.58 Å². The van der Waals surface area contributed by atoms with Crippen molar-refractivity contribution >= 4 is 5.97 Å². The van der Waals surface area contributed by atoms with Crippen molar-refractivity contribution in [2.45, 2.75) is 20.1 Å². The molecule has 1 aromatic heterocycles. The molecule has 0 atom stereocenters. The van der Waals surface area contributed by atoms with Crippen LogP contribution in [0.1, 0.15) is 12.6 Å². The molecule has 0 unspecified atom stereocenters. The van der Waals surface area contributed by atoms with Crippen molar-refractivity contribution in [1.82, 2.24) is 9.55 Å². The van der Waals surface area contributed by atoms with E-state index in [0.29, 0.717) is 12.1 Å². The SMILES string of the molecule is C=CCn1c(-c2ccccc2)nc(-c2ccccc2)c1COC(=O)C(=C)C. The van der Waals surface area contributed by atoms with Gasteiger partial charge in [0.15, 0.2) is 0 Å². The topological polar surface area (TPSA) is 44.1 Å². The lowest BCUT2D eigenvalue weighted by atomic mass is 10.1. The third-order valence-corrected chi connectivity index (χ3v) is 4.15. The maximum absolute atomic E-state index is 11.9. The molecule has 2 aromatic carbocycles. The van der Waals surface area contributed by atoms with E-state index >= 15 is 0 Å². The maximum Gasteiger partial charge on any atom is 0.333 e. The van der Waals surface area contributed by atoms with Gasteiger partial charge in [-0.05, 0) is 6.92 Å². The minimum absolute atomic E-state index is 0.115. The normalized spacial score (nSPS) is 10.4. The summed E-state index contributed by atoms with van der Waals surface area (Å²) >= 11 is 0. The second-order valence-corrected chi connectivity index (χ2v) is 6.22. The molecule has 0 saturated heterocycles. The molecule has 27 heavy (non-hydrogen) atoms. The van der Waals surface area contributed by atoms with E-state index in [0.717, 1.165) is 28.3 Å². The van der Waals surface area contributed by atoms with Gasteiger partial charge in [0.05, 0.1) is 11.4 Å². The van der Waals surface area contributed by atoms with Crippen LogP contribution in [0.3, 0.4) is 0 Å². The van der Waals surface area contributed by atoms with E-state index in [1.165, 1.54) is 0 Å². The van der Waals surface area contributed by atoms with Gasteiger partial charge in [-0.2, -0.15) is 0 Å². The molecular weight excluding hydrogens is 336 g/mol. The molecule has 0 N–H and O–H groups in total. The Morgan fingerprint density at radius 3 is 2.22 bits per heavy atom. The van der Waals surface area contributed by atoms with E-state index in [1.807, 2.05) is 71.3 Å². The second-order valence-electron chi connectivity index (χ2n) is 6.22. The van der Waals surface area contributed by atoms with Crippen LogP contribution in [0.5, 0.6) is 0 Å². The Morgan fingerprint density at radius 2 is 1.67 bits per heavy atom. The maximum atomic E-state index is 11.9. The predicted molar refractivity (Wildman–Crippen MR) is 108 cm³/mol. The van der Waals surface area contributed by atoms with E-state index in [4.69, 9.17) is 9.72 Å². The molecule has 4 heteroatoms. The Morgan fingerprint density at radius 1 is 1.07 bits per heavy atom. The first-order valence-electron chi connectivity index (χ1n) is 8.75. The third-order valence-electron chi connectivity index (χ3n) is 4.15. The highest BCUT2D eigenvalue weighted by Gasteiger charge is 2.20. The molecule has 0 radical (unpaired) electrons. The van der Waals surface area contributed by atoms with E-state index in [9.17, 15) is 4.79 Å². The lowest BCUT2D eigenvalue weighted by molar-refractivity contribution is -0.140. The van der Waals surface area contributed by atoms with Crippen LogP contribution in [-0.4, -0.2) is 15.5 Å². The molecular formula is C23H22N2O2. The number of nitrogens with zero attached hydrogens (tertiary/aromatic N) is 2. The van der Waals surface area contributed by atoms with Gasteiger partial charge in [0.1, 0.15) is 12.4 Å². The van der Waals surface area contributed by atoms with Gasteiger partial charge in [0, 0.05) is 23.2 Å². The molecule has 4 nitrogen and oxygen atoms in total. The Labute approximate surface area is 159 Å². The van der Waals surface area contributed by atoms with Crippen molar-refractivity contribution in [1.29, 1.82) is 0 Å². The summed E-state index contributed by atoms with van der Waals surface area (Å²) in [7, 11) is 0. The monoisotopic (exact) mass is 358 g/mol. The van der Waals surface area contributed by atoms with Crippen LogP contribution in [-0.2, 0) is 22.7 Å². The number of ether oxygens (including phenoxy) is 1. The molecule has 0 aliphatic carbocycles. The fourth-order valence-electron chi connectivity index (χ4n) is 2.85. The summed E-state index contributed by atoms with van der Waals surface area (Å²) in [5.41, 5.74) is 3.96. The molecule has 0 amide bonds. The molecule has 1 heterocycles. The molecule has 0 aliphatic heterocycles. The number of carbonyl (C=O) groups excluding carboxylic acids is 1. The Kier molecular flexibility index (Phi) is 5.67. The second kappa shape index (κ2) is 8.32. The largest absolute Gasteiger partial charge is 0.456 e. The van der Waals surface area contributed by atoms with Crippen LogP contribution in [0.15, 0.2) is 85.5 Å². The molecule has 0 saturated carbocycles. The molecule has 0 spiro atoms. The van der Waals surface area contributed by atoms with Crippen LogP contribution in [0, 0.1) is 0 Å². The summed E-state index contributed by atoms with van der Waals surface area (Å²) in [6.45, 7) is 9.82. The number of hydrogen-bond donors (Lipinski definition) is 0. The first-order chi connectivity index (χ1) is 13.1. The number of esters is 1. The zero-order chi connectivity index (χ0) is 19.2. The number of hydrogen-bond acceptors (Lipinski definition) is 3. The average molecular weight is 358 g/mol. The summed E-state index contributed by atoms with van der Waals surface area (Å²) in [6.07, 6.45) is 1.81. The highest BCUT2D eigenvalue weighted by Crippen LogP contribution is 2.30. The van der Waals surface area contributed by atoms with Crippen LogP contribution in [0.2, 0.25) is 0 Å². The minimum Gasteiger partial charge on any atom is -0.456 e. The number of rotatable bonds is 7. The summed E-state index contributed by atoms with van der Waals surface area (Å²) in [4.78, 5) is 16.8. The quantitative estimate of drug-likeness (QED) is 0.338. The first kappa shape index (κ1) is 18.4. The number of aromatic nitrogens is 2. The number of imidazole rings is 1. The number of carbonyl (C=O) groups is 1.